The quantitative estimate of drug-likeness (QED) is 0.671. The minimum absolute atomic E-state index is 0.122. The molecule has 3 rings (SSSR count). The molecular weight excluding hydrogens is 362 g/mol. The highest BCUT2D eigenvalue weighted by molar-refractivity contribution is 8.00. The highest BCUT2D eigenvalue weighted by Gasteiger charge is 2.28. The van der Waals surface area contributed by atoms with Gasteiger partial charge in [0.15, 0.2) is 5.16 Å². The molecule has 0 unspecified atom stereocenters. The monoisotopic (exact) mass is 390 g/mol. The Kier molecular flexibility index (Phi) is 6.73. The van der Waals surface area contributed by atoms with Crippen LogP contribution in [0.25, 0.3) is 0 Å². The lowest BCUT2D eigenvalue weighted by Crippen LogP contribution is -3.13. The largest absolute Gasteiger partial charge is 0.343 e. The van der Waals surface area contributed by atoms with E-state index in [1.54, 1.807) is 4.57 Å². The van der Waals surface area contributed by atoms with Crippen molar-refractivity contribution in [3.63, 3.8) is 0 Å². The molecule has 7 nitrogen and oxygen atoms in total. The zero-order valence-corrected chi connectivity index (χ0v) is 16.8. The Morgan fingerprint density at radius 1 is 1.30 bits per heavy atom. The van der Waals surface area contributed by atoms with Crippen LogP contribution in [-0.2, 0) is 17.9 Å². The number of aromatic amines is 1. The third kappa shape index (κ3) is 5.01. The van der Waals surface area contributed by atoms with Crippen molar-refractivity contribution in [2.24, 2.45) is 0 Å². The van der Waals surface area contributed by atoms with Gasteiger partial charge in [0.2, 0.25) is 5.91 Å². The van der Waals surface area contributed by atoms with Crippen molar-refractivity contribution in [1.82, 2.24) is 19.7 Å². The third-order valence-corrected chi connectivity index (χ3v) is 5.96. The molecule has 1 aromatic heterocycles. The van der Waals surface area contributed by atoms with Crippen molar-refractivity contribution < 1.29 is 9.69 Å². The molecule has 2 heterocycles. The van der Waals surface area contributed by atoms with Crippen LogP contribution in [0.1, 0.15) is 25.8 Å². The summed E-state index contributed by atoms with van der Waals surface area (Å²) in [5.74, 6) is 0.122. The topological polar surface area (TPSA) is 75.4 Å². The Bertz CT molecular complexity index is 796. The molecule has 1 atom stereocenters. The molecule has 1 amide bonds. The van der Waals surface area contributed by atoms with Gasteiger partial charge in [-0.2, -0.15) is 0 Å². The minimum atomic E-state index is -0.258. The second-order valence-corrected chi connectivity index (χ2v) is 8.27. The lowest BCUT2D eigenvalue weighted by Gasteiger charge is -2.33. The summed E-state index contributed by atoms with van der Waals surface area (Å²) in [6.07, 6.45) is 0.849. The average Bonchev–Trinajstić information content (AvgIpc) is 3.03. The maximum atomic E-state index is 12.8. The van der Waals surface area contributed by atoms with Crippen LogP contribution in [0.2, 0.25) is 0 Å². The lowest BCUT2D eigenvalue weighted by atomic mass is 10.2. The predicted molar refractivity (Wildman–Crippen MR) is 106 cm³/mol. The van der Waals surface area contributed by atoms with Crippen molar-refractivity contribution in [3.8, 4) is 0 Å². The summed E-state index contributed by atoms with van der Waals surface area (Å²) in [6.45, 7) is 8.99. The number of rotatable bonds is 7. The first kappa shape index (κ1) is 19.7. The number of carbonyl (C=O) groups is 1. The summed E-state index contributed by atoms with van der Waals surface area (Å²) < 4.78 is 1.61. The first-order valence-corrected chi connectivity index (χ1v) is 10.4. The first-order valence-electron chi connectivity index (χ1n) is 9.56. The highest BCUT2D eigenvalue weighted by atomic mass is 32.2. The van der Waals surface area contributed by atoms with Gasteiger partial charge in [0, 0.05) is 12.1 Å². The molecule has 0 aliphatic carbocycles. The molecule has 8 heteroatoms. The van der Waals surface area contributed by atoms with E-state index >= 15 is 0 Å². The molecule has 0 bridgehead atoms. The van der Waals surface area contributed by atoms with Crippen molar-refractivity contribution in [2.75, 3.05) is 26.2 Å². The van der Waals surface area contributed by atoms with Crippen LogP contribution in [0.4, 0.5) is 0 Å². The Morgan fingerprint density at radius 2 is 2.00 bits per heavy atom. The Hall–Kier alpha value is -2.06. The van der Waals surface area contributed by atoms with Crippen LogP contribution in [0, 0.1) is 0 Å². The summed E-state index contributed by atoms with van der Waals surface area (Å²) in [5, 5.41) is 6.89. The normalized spacial score (nSPS) is 16.4. The van der Waals surface area contributed by atoms with Crippen LogP contribution in [-0.4, -0.2) is 57.0 Å². The van der Waals surface area contributed by atoms with E-state index in [4.69, 9.17) is 0 Å². The average molecular weight is 391 g/mol. The summed E-state index contributed by atoms with van der Waals surface area (Å²) in [5.41, 5.74) is 1.13. The third-order valence-electron chi connectivity index (χ3n) is 4.88. The van der Waals surface area contributed by atoms with Gasteiger partial charge in [0.05, 0.1) is 31.4 Å². The zero-order chi connectivity index (χ0) is 19.2. The molecule has 1 fully saturated rings. The Morgan fingerprint density at radius 3 is 2.67 bits per heavy atom. The predicted octanol–water partition coefficient (Wildman–Crippen LogP) is 0.389. The number of piperazine rings is 1. The van der Waals surface area contributed by atoms with Gasteiger partial charge in [0.25, 0.3) is 0 Å². The molecule has 0 radical (unpaired) electrons. The van der Waals surface area contributed by atoms with Gasteiger partial charge in [-0.1, -0.05) is 49.0 Å². The van der Waals surface area contributed by atoms with Gasteiger partial charge in [0.1, 0.15) is 6.54 Å². The number of nitrogens with zero attached hydrogens (tertiary/aromatic N) is 3. The molecule has 2 N–H and O–H groups in total. The second kappa shape index (κ2) is 9.23. The Balaban J connectivity index is 1.52. The number of aromatic nitrogens is 3. The summed E-state index contributed by atoms with van der Waals surface area (Å²) in [6, 6.07) is 10.5. The fourth-order valence-electron chi connectivity index (χ4n) is 3.38. The van der Waals surface area contributed by atoms with Crippen LogP contribution in [0.3, 0.4) is 0 Å². The number of amides is 1. The van der Waals surface area contributed by atoms with E-state index < -0.39 is 0 Å². The number of nitrogens with one attached hydrogen (secondary N) is 2. The number of benzene rings is 1. The minimum Gasteiger partial charge on any atom is -0.330 e. The lowest BCUT2D eigenvalue weighted by molar-refractivity contribution is -0.917. The smallest absolute Gasteiger partial charge is 0.330 e. The Labute approximate surface area is 163 Å². The first-order chi connectivity index (χ1) is 13.1. The second-order valence-electron chi connectivity index (χ2n) is 6.96. The van der Waals surface area contributed by atoms with Crippen molar-refractivity contribution in [3.05, 3.63) is 46.4 Å². The summed E-state index contributed by atoms with van der Waals surface area (Å²) >= 11 is 1.36. The highest BCUT2D eigenvalue weighted by Crippen LogP contribution is 2.21. The molecule has 146 valence electrons. The summed E-state index contributed by atoms with van der Waals surface area (Å²) in [4.78, 5) is 28.1. The number of quaternary nitrogens is 1. The van der Waals surface area contributed by atoms with Gasteiger partial charge in [-0.25, -0.2) is 9.89 Å². The van der Waals surface area contributed by atoms with E-state index in [0.29, 0.717) is 11.7 Å². The van der Waals surface area contributed by atoms with E-state index in [1.807, 2.05) is 24.8 Å². The number of carbonyl (C=O) groups excluding carboxylic acids is 1. The number of thioether (sulfide) groups is 1. The standard InChI is InChI=1S/C19H27N5O2S/c1-3-9-24-18(26)20-21-19(24)27-15(2)17(25)23-12-10-22(11-13-23)14-16-7-5-4-6-8-16/h4-8,15H,3,9-14H2,1-2H3,(H,20,26)/p+1/t15-/m1/s1. The van der Waals surface area contributed by atoms with Crippen molar-refractivity contribution in [2.45, 2.75) is 43.8 Å². The molecule has 27 heavy (non-hydrogen) atoms. The van der Waals surface area contributed by atoms with Crippen LogP contribution in [0.15, 0.2) is 40.3 Å². The van der Waals surface area contributed by atoms with Crippen molar-refractivity contribution in [1.29, 1.82) is 0 Å². The number of hydrogen-bond acceptors (Lipinski definition) is 4. The maximum absolute atomic E-state index is 12.8. The SMILES string of the molecule is CCCn1c(S[C@H](C)C(=O)N2CC[NH+](Cc3ccccc3)CC2)n[nH]c1=O. The molecule has 0 saturated carbocycles. The number of hydrogen-bond donors (Lipinski definition) is 2. The van der Waals surface area contributed by atoms with Crippen molar-refractivity contribution >= 4 is 17.7 Å². The molecule has 1 aliphatic rings. The van der Waals surface area contributed by atoms with E-state index in [9.17, 15) is 9.59 Å². The summed E-state index contributed by atoms with van der Waals surface area (Å²) in [7, 11) is 0. The molecule has 1 aromatic carbocycles. The fourth-order valence-corrected chi connectivity index (χ4v) is 4.35. The van der Waals surface area contributed by atoms with Gasteiger partial charge in [-0.3, -0.25) is 9.36 Å². The molecular formula is C19H28N5O2S+. The van der Waals surface area contributed by atoms with Gasteiger partial charge in [-0.05, 0) is 13.3 Å². The van der Waals surface area contributed by atoms with E-state index in [1.165, 1.54) is 22.2 Å². The van der Waals surface area contributed by atoms with Gasteiger partial charge in [-0.15, -0.1) is 5.10 Å². The zero-order valence-electron chi connectivity index (χ0n) is 16.0. The molecule has 2 aromatic rings. The van der Waals surface area contributed by atoms with Crippen LogP contribution < -0.4 is 10.6 Å². The van der Waals surface area contributed by atoms with Gasteiger partial charge < -0.3 is 9.80 Å². The van der Waals surface area contributed by atoms with Crippen LogP contribution >= 0.6 is 11.8 Å². The van der Waals surface area contributed by atoms with E-state index in [2.05, 4.69) is 34.5 Å². The number of H-pyrrole nitrogens is 1. The van der Waals surface area contributed by atoms with E-state index in [-0.39, 0.29) is 16.8 Å². The fraction of sp³-hybridized carbons (Fsp3) is 0.526. The van der Waals surface area contributed by atoms with Gasteiger partial charge >= 0.3 is 5.69 Å². The molecule has 1 aliphatic heterocycles. The maximum Gasteiger partial charge on any atom is 0.343 e. The molecule has 0 spiro atoms. The van der Waals surface area contributed by atoms with E-state index in [0.717, 1.165) is 39.1 Å². The molecule has 1 saturated heterocycles. The van der Waals surface area contributed by atoms with Crippen LogP contribution in [0.5, 0.6) is 0 Å².